The second kappa shape index (κ2) is 15.5. The van der Waals surface area contributed by atoms with Crippen LogP contribution in [0.5, 0.6) is 0 Å². The molecule has 0 radical (unpaired) electrons. The molecule has 1 aromatic carbocycles. The van der Waals surface area contributed by atoms with Gasteiger partial charge >= 0.3 is 0 Å². The van der Waals surface area contributed by atoms with Crippen molar-refractivity contribution in [2.24, 2.45) is 0 Å². The molecule has 1 aliphatic heterocycles. The average molecular weight is 521 g/mol. The third kappa shape index (κ3) is 8.59. The summed E-state index contributed by atoms with van der Waals surface area (Å²) in [4.78, 5) is 28.6. The fourth-order valence-electron chi connectivity index (χ4n) is 5.62. The molecule has 0 saturated heterocycles. The molecule has 0 saturated carbocycles. The highest BCUT2D eigenvalue weighted by Crippen LogP contribution is 2.35. The highest BCUT2D eigenvalue weighted by molar-refractivity contribution is 6.34. The summed E-state index contributed by atoms with van der Waals surface area (Å²) in [6, 6.07) is 7.75. The standard InChI is InChI=1S/C32H48N4O2/c1-23(21-30(37)34-20-16-12-10-8-6-5-7-9-11-15-19-33-4)31-24(2)29(35-25(31)3)22-27-26-17-13-14-18-28(26)36-32(27)38/h13-14,17-18,22-23,33,35H,5-12,15-16,19-21H2,1-4H3,(H,34,37)(H,36,38). The van der Waals surface area contributed by atoms with Crippen molar-refractivity contribution in [2.75, 3.05) is 25.5 Å². The van der Waals surface area contributed by atoms with Crippen molar-refractivity contribution < 1.29 is 9.59 Å². The van der Waals surface area contributed by atoms with E-state index in [9.17, 15) is 9.59 Å². The van der Waals surface area contributed by atoms with E-state index in [1.54, 1.807) is 0 Å². The predicted octanol–water partition coefficient (Wildman–Crippen LogP) is 6.85. The Kier molecular flexibility index (Phi) is 12.1. The second-order valence-corrected chi connectivity index (χ2v) is 10.9. The van der Waals surface area contributed by atoms with Crippen molar-refractivity contribution in [2.45, 2.75) is 97.3 Å². The SMILES string of the molecule is CNCCCCCCCCCCCCNC(=O)CC(C)c1c(C)[nH]c(C=C2C(=O)Nc3ccccc32)c1C. The first-order chi connectivity index (χ1) is 18.4. The van der Waals surface area contributed by atoms with Crippen LogP contribution in [0.1, 0.15) is 112 Å². The van der Waals surface area contributed by atoms with E-state index in [1.165, 1.54) is 63.4 Å². The molecule has 38 heavy (non-hydrogen) atoms. The van der Waals surface area contributed by atoms with E-state index < -0.39 is 0 Å². The molecule has 2 amide bonds. The zero-order valence-corrected chi connectivity index (χ0v) is 24.0. The van der Waals surface area contributed by atoms with Crippen LogP contribution in [-0.2, 0) is 9.59 Å². The Morgan fingerprint density at radius 2 is 1.53 bits per heavy atom. The Labute approximate surface area is 229 Å². The number of para-hydroxylation sites is 1. The van der Waals surface area contributed by atoms with Gasteiger partial charge in [0.2, 0.25) is 5.91 Å². The quantitative estimate of drug-likeness (QED) is 0.136. The molecule has 0 fully saturated rings. The molecule has 0 aliphatic carbocycles. The highest BCUT2D eigenvalue weighted by atomic mass is 16.2. The summed E-state index contributed by atoms with van der Waals surface area (Å²) in [6.45, 7) is 8.12. The minimum atomic E-state index is -0.0809. The average Bonchev–Trinajstić information content (AvgIpc) is 3.36. The first-order valence-electron chi connectivity index (χ1n) is 14.6. The molecule has 1 unspecified atom stereocenters. The smallest absolute Gasteiger partial charge is 0.256 e. The van der Waals surface area contributed by atoms with Gasteiger partial charge in [-0.25, -0.2) is 0 Å². The van der Waals surface area contributed by atoms with E-state index in [-0.39, 0.29) is 17.7 Å². The van der Waals surface area contributed by atoms with Gasteiger partial charge in [-0.1, -0.05) is 76.5 Å². The molecular weight excluding hydrogens is 472 g/mol. The molecule has 208 valence electrons. The third-order valence-electron chi connectivity index (χ3n) is 7.69. The number of unbranched alkanes of at least 4 members (excludes halogenated alkanes) is 9. The van der Waals surface area contributed by atoms with E-state index in [0.29, 0.717) is 12.0 Å². The molecular formula is C32H48N4O2. The maximum atomic E-state index is 12.6. The van der Waals surface area contributed by atoms with Crippen molar-refractivity contribution in [3.63, 3.8) is 0 Å². The van der Waals surface area contributed by atoms with E-state index in [0.717, 1.165) is 47.7 Å². The van der Waals surface area contributed by atoms with Crippen LogP contribution in [0.2, 0.25) is 0 Å². The van der Waals surface area contributed by atoms with Crippen LogP contribution in [0.3, 0.4) is 0 Å². The van der Waals surface area contributed by atoms with Crippen LogP contribution in [0.15, 0.2) is 24.3 Å². The summed E-state index contributed by atoms with van der Waals surface area (Å²) in [5.41, 5.74) is 6.70. The summed E-state index contributed by atoms with van der Waals surface area (Å²) in [5, 5.41) is 9.26. The third-order valence-corrected chi connectivity index (χ3v) is 7.69. The predicted molar refractivity (Wildman–Crippen MR) is 159 cm³/mol. The molecule has 1 aromatic heterocycles. The van der Waals surface area contributed by atoms with Gasteiger partial charge in [-0.3, -0.25) is 9.59 Å². The number of carbonyl (C=O) groups is 2. The van der Waals surface area contributed by atoms with Crippen LogP contribution >= 0.6 is 0 Å². The summed E-state index contributed by atoms with van der Waals surface area (Å²) in [5.74, 6) is 0.128. The molecule has 6 heteroatoms. The van der Waals surface area contributed by atoms with Gasteiger partial charge in [0, 0.05) is 35.6 Å². The minimum Gasteiger partial charge on any atom is -0.359 e. The van der Waals surface area contributed by atoms with E-state index in [2.05, 4.69) is 34.8 Å². The number of benzene rings is 1. The van der Waals surface area contributed by atoms with Crippen LogP contribution in [0.25, 0.3) is 11.6 Å². The van der Waals surface area contributed by atoms with Crippen LogP contribution in [0, 0.1) is 13.8 Å². The van der Waals surface area contributed by atoms with Crippen LogP contribution < -0.4 is 16.0 Å². The normalized spacial score (nSPS) is 14.5. The molecule has 4 N–H and O–H groups in total. The number of hydrogen-bond acceptors (Lipinski definition) is 3. The maximum Gasteiger partial charge on any atom is 0.256 e. The van der Waals surface area contributed by atoms with Gasteiger partial charge in [0.05, 0.1) is 5.57 Å². The zero-order valence-electron chi connectivity index (χ0n) is 24.0. The molecule has 0 bridgehead atoms. The van der Waals surface area contributed by atoms with Gasteiger partial charge in [0.25, 0.3) is 5.91 Å². The number of amides is 2. The second-order valence-electron chi connectivity index (χ2n) is 10.9. The monoisotopic (exact) mass is 520 g/mol. The van der Waals surface area contributed by atoms with Crippen LogP contribution in [0.4, 0.5) is 5.69 Å². The Morgan fingerprint density at radius 1 is 0.921 bits per heavy atom. The fraction of sp³-hybridized carbons (Fsp3) is 0.562. The number of hydrogen-bond donors (Lipinski definition) is 4. The summed E-state index contributed by atoms with van der Waals surface area (Å²) in [7, 11) is 2.02. The van der Waals surface area contributed by atoms with Gasteiger partial charge in [-0.15, -0.1) is 0 Å². The van der Waals surface area contributed by atoms with Crippen molar-refractivity contribution in [3.8, 4) is 0 Å². The van der Waals surface area contributed by atoms with E-state index >= 15 is 0 Å². The summed E-state index contributed by atoms with van der Waals surface area (Å²) >= 11 is 0. The first-order valence-corrected chi connectivity index (χ1v) is 14.6. The number of aromatic amines is 1. The fourth-order valence-corrected chi connectivity index (χ4v) is 5.62. The highest BCUT2D eigenvalue weighted by Gasteiger charge is 2.25. The number of rotatable bonds is 17. The van der Waals surface area contributed by atoms with Gasteiger partial charge in [0.1, 0.15) is 0 Å². The van der Waals surface area contributed by atoms with Crippen molar-refractivity contribution in [1.82, 2.24) is 15.6 Å². The molecule has 3 rings (SSSR count). The number of nitrogens with one attached hydrogen (secondary N) is 4. The zero-order chi connectivity index (χ0) is 27.3. The number of aromatic nitrogens is 1. The van der Waals surface area contributed by atoms with Crippen molar-refractivity contribution in [3.05, 3.63) is 52.3 Å². The molecule has 2 aromatic rings. The minimum absolute atomic E-state index is 0.0809. The lowest BCUT2D eigenvalue weighted by atomic mass is 9.93. The van der Waals surface area contributed by atoms with Gasteiger partial charge in [-0.05, 0) is 69.5 Å². The first kappa shape index (κ1) is 29.7. The van der Waals surface area contributed by atoms with Gasteiger partial charge < -0.3 is 20.9 Å². The Bertz CT molecular complexity index is 1090. The molecule has 1 atom stereocenters. The molecule has 2 heterocycles. The Balaban J connectivity index is 1.37. The summed E-state index contributed by atoms with van der Waals surface area (Å²) < 4.78 is 0. The lowest BCUT2D eigenvalue weighted by Crippen LogP contribution is -2.25. The molecule has 0 spiro atoms. The molecule has 1 aliphatic rings. The van der Waals surface area contributed by atoms with E-state index in [4.69, 9.17) is 0 Å². The lowest BCUT2D eigenvalue weighted by molar-refractivity contribution is -0.121. The number of aryl methyl sites for hydroxylation is 1. The lowest BCUT2D eigenvalue weighted by Gasteiger charge is -2.13. The van der Waals surface area contributed by atoms with Gasteiger partial charge in [0.15, 0.2) is 0 Å². The van der Waals surface area contributed by atoms with Crippen molar-refractivity contribution in [1.29, 1.82) is 0 Å². The van der Waals surface area contributed by atoms with Crippen LogP contribution in [-0.4, -0.2) is 36.9 Å². The molecule has 6 nitrogen and oxygen atoms in total. The number of carbonyl (C=O) groups excluding carboxylic acids is 2. The number of anilines is 1. The summed E-state index contributed by atoms with van der Waals surface area (Å²) in [6.07, 6.45) is 15.2. The Hall–Kier alpha value is -2.86. The topological polar surface area (TPSA) is 86.0 Å². The van der Waals surface area contributed by atoms with Gasteiger partial charge in [-0.2, -0.15) is 0 Å². The maximum absolute atomic E-state index is 12.6. The van der Waals surface area contributed by atoms with Crippen molar-refractivity contribution >= 4 is 29.2 Å². The Morgan fingerprint density at radius 3 is 2.18 bits per heavy atom. The van der Waals surface area contributed by atoms with E-state index in [1.807, 2.05) is 44.3 Å². The number of fused-ring (bicyclic) bond motifs is 1. The largest absolute Gasteiger partial charge is 0.359 e. The number of H-pyrrole nitrogens is 1.